The Morgan fingerprint density at radius 2 is 1.78 bits per heavy atom. The minimum atomic E-state index is 0.140. The highest BCUT2D eigenvalue weighted by Gasteiger charge is 2.24. The molecule has 0 aliphatic rings. The van der Waals surface area contributed by atoms with Crippen LogP contribution in [-0.2, 0) is 6.54 Å². The Labute approximate surface area is 112 Å². The highest BCUT2D eigenvalue weighted by Crippen LogP contribution is 2.27. The topological polar surface area (TPSA) is 21.3 Å². The minimum absolute atomic E-state index is 0.140. The van der Waals surface area contributed by atoms with Gasteiger partial charge in [-0.15, -0.1) is 0 Å². The average molecular weight is 249 g/mol. The van der Waals surface area contributed by atoms with Crippen molar-refractivity contribution in [3.63, 3.8) is 0 Å². The van der Waals surface area contributed by atoms with Gasteiger partial charge in [0.15, 0.2) is 0 Å². The van der Waals surface area contributed by atoms with Gasteiger partial charge in [-0.25, -0.2) is 0 Å². The number of hydrogen-bond acceptors (Lipinski definition) is 2. The summed E-state index contributed by atoms with van der Waals surface area (Å²) in [5.41, 5.74) is 1.74. The zero-order valence-electron chi connectivity index (χ0n) is 12.6. The van der Waals surface area contributed by atoms with E-state index in [0.717, 1.165) is 18.7 Å². The molecule has 2 heteroatoms. The number of nitrogens with one attached hydrogen (secondary N) is 1. The summed E-state index contributed by atoms with van der Waals surface area (Å²) in [5, 5.41) is 3.63. The number of benzene rings is 1. The first-order chi connectivity index (χ1) is 8.22. The van der Waals surface area contributed by atoms with Crippen LogP contribution in [-0.4, -0.2) is 12.6 Å². The van der Waals surface area contributed by atoms with Crippen molar-refractivity contribution >= 4 is 0 Å². The summed E-state index contributed by atoms with van der Waals surface area (Å²) in [4.78, 5) is 0. The zero-order valence-corrected chi connectivity index (χ0v) is 12.6. The van der Waals surface area contributed by atoms with Gasteiger partial charge in [0.25, 0.3) is 0 Å². The predicted octanol–water partition coefficient (Wildman–Crippen LogP) is 4.00. The smallest absolute Gasteiger partial charge is 0.119 e. The van der Waals surface area contributed by atoms with Crippen molar-refractivity contribution in [2.45, 2.75) is 53.1 Å². The highest BCUT2D eigenvalue weighted by molar-refractivity contribution is 5.28. The monoisotopic (exact) mass is 249 g/mol. The van der Waals surface area contributed by atoms with Gasteiger partial charge in [-0.05, 0) is 43.4 Å². The fourth-order valence-electron chi connectivity index (χ4n) is 2.51. The van der Waals surface area contributed by atoms with Crippen LogP contribution in [0, 0.1) is 5.41 Å². The lowest BCUT2D eigenvalue weighted by atomic mass is 9.82. The third-order valence-electron chi connectivity index (χ3n) is 2.88. The zero-order chi connectivity index (χ0) is 13.8. The summed E-state index contributed by atoms with van der Waals surface area (Å²) in [6.07, 6.45) is 1.14. The summed E-state index contributed by atoms with van der Waals surface area (Å²) in [6.45, 7) is 12.2. The molecule has 0 unspecified atom stereocenters. The Morgan fingerprint density at radius 1 is 1.11 bits per heavy atom. The SMILES string of the molecule is COc1cccc(CNC(C)(C)CC(C)(C)C)c1. The summed E-state index contributed by atoms with van der Waals surface area (Å²) in [6, 6.07) is 8.22. The summed E-state index contributed by atoms with van der Waals surface area (Å²) >= 11 is 0. The Kier molecular flexibility index (Phi) is 4.80. The van der Waals surface area contributed by atoms with E-state index in [2.05, 4.69) is 52.1 Å². The Bertz CT molecular complexity index is 377. The third kappa shape index (κ3) is 5.54. The van der Waals surface area contributed by atoms with Gasteiger partial charge in [-0.2, -0.15) is 0 Å². The highest BCUT2D eigenvalue weighted by atomic mass is 16.5. The first kappa shape index (κ1) is 15.0. The summed E-state index contributed by atoms with van der Waals surface area (Å²) in [5.74, 6) is 0.919. The Hall–Kier alpha value is -1.02. The van der Waals surface area contributed by atoms with Crippen LogP contribution in [0.5, 0.6) is 5.75 Å². The van der Waals surface area contributed by atoms with E-state index in [1.165, 1.54) is 5.56 Å². The van der Waals surface area contributed by atoms with E-state index in [1.807, 2.05) is 12.1 Å². The van der Waals surface area contributed by atoms with Crippen molar-refractivity contribution in [1.29, 1.82) is 0 Å². The van der Waals surface area contributed by atoms with E-state index >= 15 is 0 Å². The number of hydrogen-bond donors (Lipinski definition) is 1. The molecule has 0 atom stereocenters. The second-order valence-electron chi connectivity index (χ2n) is 6.83. The minimum Gasteiger partial charge on any atom is -0.497 e. The molecule has 0 aliphatic carbocycles. The molecule has 0 fully saturated rings. The van der Waals surface area contributed by atoms with Gasteiger partial charge in [-0.3, -0.25) is 0 Å². The predicted molar refractivity (Wildman–Crippen MR) is 78.0 cm³/mol. The van der Waals surface area contributed by atoms with Gasteiger partial charge < -0.3 is 10.1 Å². The molecule has 0 aliphatic heterocycles. The molecule has 0 bridgehead atoms. The van der Waals surface area contributed by atoms with Crippen LogP contribution in [0.2, 0.25) is 0 Å². The molecule has 0 amide bonds. The first-order valence-corrected chi connectivity index (χ1v) is 6.60. The van der Waals surface area contributed by atoms with E-state index in [4.69, 9.17) is 4.74 Å². The molecule has 0 aromatic heterocycles. The van der Waals surface area contributed by atoms with Gasteiger partial charge >= 0.3 is 0 Å². The van der Waals surface area contributed by atoms with Crippen LogP contribution in [0.15, 0.2) is 24.3 Å². The quantitative estimate of drug-likeness (QED) is 0.851. The molecule has 102 valence electrons. The van der Waals surface area contributed by atoms with Crippen molar-refractivity contribution in [2.75, 3.05) is 7.11 Å². The molecule has 1 rings (SSSR count). The van der Waals surface area contributed by atoms with Crippen molar-refractivity contribution in [3.8, 4) is 5.75 Å². The molecular weight excluding hydrogens is 222 g/mol. The van der Waals surface area contributed by atoms with Gasteiger partial charge in [-0.1, -0.05) is 32.9 Å². The largest absolute Gasteiger partial charge is 0.497 e. The molecular formula is C16H27NO. The maximum Gasteiger partial charge on any atom is 0.119 e. The molecule has 18 heavy (non-hydrogen) atoms. The van der Waals surface area contributed by atoms with Crippen LogP contribution in [0.25, 0.3) is 0 Å². The fraction of sp³-hybridized carbons (Fsp3) is 0.625. The van der Waals surface area contributed by atoms with Crippen LogP contribution in [0.1, 0.15) is 46.6 Å². The standard InChI is InChI=1S/C16H27NO/c1-15(2,3)12-16(4,5)17-11-13-8-7-9-14(10-13)18-6/h7-10,17H,11-12H2,1-6H3. The van der Waals surface area contributed by atoms with Gasteiger partial charge in [0.1, 0.15) is 5.75 Å². The molecule has 1 aromatic carbocycles. The summed E-state index contributed by atoms with van der Waals surface area (Å²) < 4.78 is 5.24. The van der Waals surface area contributed by atoms with Crippen LogP contribution in [0.3, 0.4) is 0 Å². The average Bonchev–Trinajstić information content (AvgIpc) is 2.24. The lowest BCUT2D eigenvalue weighted by Gasteiger charge is -2.33. The number of ether oxygens (including phenoxy) is 1. The van der Waals surface area contributed by atoms with Gasteiger partial charge in [0.2, 0.25) is 0 Å². The molecule has 0 spiro atoms. The van der Waals surface area contributed by atoms with Crippen LogP contribution < -0.4 is 10.1 Å². The Balaban J connectivity index is 2.58. The van der Waals surface area contributed by atoms with Crippen LogP contribution >= 0.6 is 0 Å². The fourth-order valence-corrected chi connectivity index (χ4v) is 2.51. The number of rotatable bonds is 5. The normalized spacial score (nSPS) is 12.6. The lowest BCUT2D eigenvalue weighted by Crippen LogP contribution is -2.41. The Morgan fingerprint density at radius 3 is 2.33 bits per heavy atom. The molecule has 1 aromatic rings. The second kappa shape index (κ2) is 5.75. The summed E-state index contributed by atoms with van der Waals surface area (Å²) in [7, 11) is 1.70. The molecule has 0 heterocycles. The van der Waals surface area contributed by atoms with Crippen molar-refractivity contribution in [1.82, 2.24) is 5.32 Å². The lowest BCUT2D eigenvalue weighted by molar-refractivity contribution is 0.240. The van der Waals surface area contributed by atoms with E-state index < -0.39 is 0 Å². The van der Waals surface area contributed by atoms with Crippen molar-refractivity contribution in [3.05, 3.63) is 29.8 Å². The molecule has 0 radical (unpaired) electrons. The molecule has 2 nitrogen and oxygen atoms in total. The maximum absolute atomic E-state index is 5.24. The third-order valence-corrected chi connectivity index (χ3v) is 2.88. The molecule has 0 saturated heterocycles. The van der Waals surface area contributed by atoms with Crippen LogP contribution in [0.4, 0.5) is 0 Å². The van der Waals surface area contributed by atoms with Gasteiger partial charge in [0, 0.05) is 12.1 Å². The number of methoxy groups -OCH3 is 1. The maximum atomic E-state index is 5.24. The molecule has 0 saturated carbocycles. The van der Waals surface area contributed by atoms with Crippen molar-refractivity contribution in [2.24, 2.45) is 5.41 Å². The van der Waals surface area contributed by atoms with E-state index in [1.54, 1.807) is 7.11 Å². The van der Waals surface area contributed by atoms with E-state index in [0.29, 0.717) is 5.41 Å². The van der Waals surface area contributed by atoms with E-state index in [9.17, 15) is 0 Å². The van der Waals surface area contributed by atoms with Crippen molar-refractivity contribution < 1.29 is 4.74 Å². The first-order valence-electron chi connectivity index (χ1n) is 6.60. The van der Waals surface area contributed by atoms with Gasteiger partial charge in [0.05, 0.1) is 7.11 Å². The van der Waals surface area contributed by atoms with E-state index in [-0.39, 0.29) is 5.54 Å². The second-order valence-corrected chi connectivity index (χ2v) is 6.83. The molecule has 1 N–H and O–H groups in total.